The molecule has 1 N–H and O–H groups in total. The first kappa shape index (κ1) is 17.6. The lowest BCUT2D eigenvalue weighted by atomic mass is 9.76. The first-order chi connectivity index (χ1) is 12.9. The van der Waals surface area contributed by atoms with Crippen molar-refractivity contribution in [1.82, 2.24) is 19.7 Å². The van der Waals surface area contributed by atoms with E-state index in [0.29, 0.717) is 31.8 Å². The highest BCUT2D eigenvalue weighted by molar-refractivity contribution is 5.77. The highest BCUT2D eigenvalue weighted by atomic mass is 16.7. The number of nitrogens with zero attached hydrogens (tertiary/aromatic N) is 3. The van der Waals surface area contributed by atoms with E-state index in [0.717, 1.165) is 24.3 Å². The highest BCUT2D eigenvalue weighted by Crippen LogP contribution is 2.37. The molecule has 1 amide bonds. The minimum Gasteiger partial charge on any atom is -0.454 e. The summed E-state index contributed by atoms with van der Waals surface area (Å²) in [5.74, 6) is 2.41. The van der Waals surface area contributed by atoms with Crippen molar-refractivity contribution < 1.29 is 14.3 Å². The molecule has 4 rings (SSSR count). The molecule has 0 radical (unpaired) electrons. The SMILES string of the molecule is Cn1c(CCN2C[C@](C)(Cc3ccc4c(c3)OCO4)CCC2=O)n[nH]c1=O. The molecule has 2 aliphatic heterocycles. The van der Waals surface area contributed by atoms with Gasteiger partial charge in [-0.1, -0.05) is 13.0 Å². The average Bonchev–Trinajstić information content (AvgIpc) is 3.23. The van der Waals surface area contributed by atoms with Crippen molar-refractivity contribution in [3.63, 3.8) is 0 Å². The third-order valence-electron chi connectivity index (χ3n) is 5.51. The number of piperidine rings is 1. The van der Waals surface area contributed by atoms with Gasteiger partial charge >= 0.3 is 5.69 Å². The number of aromatic amines is 1. The largest absolute Gasteiger partial charge is 0.454 e. The predicted octanol–water partition coefficient (Wildman–Crippen LogP) is 1.25. The van der Waals surface area contributed by atoms with Crippen molar-refractivity contribution in [2.24, 2.45) is 12.5 Å². The molecular weight excluding hydrogens is 348 g/mol. The van der Waals surface area contributed by atoms with Crippen LogP contribution in [0, 0.1) is 5.41 Å². The van der Waals surface area contributed by atoms with Gasteiger partial charge in [0, 0.05) is 33.0 Å². The van der Waals surface area contributed by atoms with E-state index in [1.165, 1.54) is 10.1 Å². The molecule has 27 heavy (non-hydrogen) atoms. The van der Waals surface area contributed by atoms with E-state index in [-0.39, 0.29) is 23.8 Å². The fraction of sp³-hybridized carbons (Fsp3) is 0.526. The Morgan fingerprint density at radius 1 is 1.26 bits per heavy atom. The molecule has 1 aromatic heterocycles. The Labute approximate surface area is 157 Å². The van der Waals surface area contributed by atoms with Crippen molar-refractivity contribution in [2.75, 3.05) is 19.9 Å². The van der Waals surface area contributed by atoms with Crippen LogP contribution in [0.4, 0.5) is 0 Å². The van der Waals surface area contributed by atoms with Crippen molar-refractivity contribution >= 4 is 5.91 Å². The smallest absolute Gasteiger partial charge is 0.343 e. The van der Waals surface area contributed by atoms with E-state index in [1.807, 2.05) is 17.0 Å². The quantitative estimate of drug-likeness (QED) is 0.853. The lowest BCUT2D eigenvalue weighted by molar-refractivity contribution is -0.137. The molecule has 1 saturated heterocycles. The van der Waals surface area contributed by atoms with Gasteiger partial charge in [-0.2, -0.15) is 5.10 Å². The minimum absolute atomic E-state index is 0.000928. The fourth-order valence-electron chi connectivity index (χ4n) is 3.92. The Kier molecular flexibility index (Phi) is 4.41. The molecule has 1 fully saturated rings. The maximum absolute atomic E-state index is 12.4. The van der Waals surface area contributed by atoms with E-state index in [4.69, 9.17) is 9.47 Å². The molecular formula is C19H24N4O4. The maximum atomic E-state index is 12.4. The number of rotatable bonds is 5. The van der Waals surface area contributed by atoms with Crippen LogP contribution in [0.15, 0.2) is 23.0 Å². The summed E-state index contributed by atoms with van der Waals surface area (Å²) in [6, 6.07) is 6.05. The number of carbonyl (C=O) groups excluding carboxylic acids is 1. The van der Waals surface area contributed by atoms with E-state index in [2.05, 4.69) is 23.2 Å². The Hall–Kier alpha value is -2.77. The molecule has 1 atom stereocenters. The summed E-state index contributed by atoms with van der Waals surface area (Å²) in [6.45, 7) is 3.75. The van der Waals surface area contributed by atoms with Crippen LogP contribution >= 0.6 is 0 Å². The average molecular weight is 372 g/mol. The third-order valence-corrected chi connectivity index (χ3v) is 5.51. The van der Waals surface area contributed by atoms with Crippen molar-refractivity contribution in [3.8, 4) is 11.5 Å². The van der Waals surface area contributed by atoms with Crippen molar-refractivity contribution in [3.05, 3.63) is 40.1 Å². The first-order valence-corrected chi connectivity index (χ1v) is 9.20. The third kappa shape index (κ3) is 3.56. The zero-order valence-corrected chi connectivity index (χ0v) is 15.7. The van der Waals surface area contributed by atoms with Crippen LogP contribution in [-0.2, 0) is 24.7 Å². The molecule has 2 aliphatic rings. The van der Waals surface area contributed by atoms with E-state index < -0.39 is 0 Å². The number of fused-ring (bicyclic) bond motifs is 1. The molecule has 0 saturated carbocycles. The van der Waals surface area contributed by atoms with Crippen LogP contribution in [0.1, 0.15) is 31.2 Å². The van der Waals surface area contributed by atoms with Gasteiger partial charge < -0.3 is 14.4 Å². The zero-order valence-electron chi connectivity index (χ0n) is 15.7. The molecule has 3 heterocycles. The van der Waals surface area contributed by atoms with Crippen LogP contribution in [0.25, 0.3) is 0 Å². The number of benzene rings is 1. The summed E-state index contributed by atoms with van der Waals surface area (Å²) in [4.78, 5) is 25.8. The number of likely N-dealkylation sites (tertiary alicyclic amines) is 1. The summed E-state index contributed by atoms with van der Waals surface area (Å²) in [5, 5.41) is 6.46. The van der Waals surface area contributed by atoms with Crippen molar-refractivity contribution in [1.29, 1.82) is 0 Å². The molecule has 1 aromatic carbocycles. The Bertz CT molecular complexity index is 919. The van der Waals surface area contributed by atoms with Gasteiger partial charge in [0.25, 0.3) is 0 Å². The molecule has 0 spiro atoms. The van der Waals surface area contributed by atoms with Gasteiger partial charge in [-0.15, -0.1) is 0 Å². The Balaban J connectivity index is 1.43. The Morgan fingerprint density at radius 2 is 2.07 bits per heavy atom. The number of amides is 1. The molecule has 8 heteroatoms. The first-order valence-electron chi connectivity index (χ1n) is 9.20. The molecule has 0 aliphatic carbocycles. The lowest BCUT2D eigenvalue weighted by Crippen LogP contribution is -2.47. The van der Waals surface area contributed by atoms with Crippen LogP contribution in [0.2, 0.25) is 0 Å². The monoisotopic (exact) mass is 372 g/mol. The summed E-state index contributed by atoms with van der Waals surface area (Å²) >= 11 is 0. The highest BCUT2D eigenvalue weighted by Gasteiger charge is 2.35. The minimum atomic E-state index is -0.234. The van der Waals surface area contributed by atoms with Gasteiger partial charge in [0.1, 0.15) is 5.82 Å². The summed E-state index contributed by atoms with van der Waals surface area (Å²) in [7, 11) is 1.68. The molecule has 8 nitrogen and oxygen atoms in total. The number of nitrogens with one attached hydrogen (secondary N) is 1. The number of hydrogen-bond acceptors (Lipinski definition) is 5. The topological polar surface area (TPSA) is 89.4 Å². The number of H-pyrrole nitrogens is 1. The van der Waals surface area contributed by atoms with E-state index in [1.54, 1.807) is 7.05 Å². The number of carbonyl (C=O) groups is 1. The standard InChI is InChI=1S/C19H24N4O4/c1-19(10-13-3-4-14-15(9-13)27-12-26-14)7-5-17(24)23(11-19)8-6-16-20-21-18(25)22(16)2/h3-4,9H,5-8,10-12H2,1-2H3,(H,21,25)/t19-/m0/s1. The molecule has 2 aromatic rings. The normalized spacial score (nSPS) is 21.7. The van der Waals surface area contributed by atoms with Gasteiger partial charge in [-0.25, -0.2) is 9.89 Å². The molecule has 144 valence electrons. The van der Waals surface area contributed by atoms with Crippen LogP contribution in [-0.4, -0.2) is 45.5 Å². The zero-order chi connectivity index (χ0) is 19.0. The van der Waals surface area contributed by atoms with Crippen LogP contribution < -0.4 is 15.2 Å². The van der Waals surface area contributed by atoms with E-state index in [9.17, 15) is 9.59 Å². The van der Waals surface area contributed by atoms with Gasteiger partial charge in [-0.3, -0.25) is 9.36 Å². The second kappa shape index (κ2) is 6.75. The second-order valence-electron chi connectivity index (χ2n) is 7.74. The van der Waals surface area contributed by atoms with Crippen LogP contribution in [0.3, 0.4) is 0 Å². The van der Waals surface area contributed by atoms with Crippen molar-refractivity contribution in [2.45, 2.75) is 32.6 Å². The molecule has 0 bridgehead atoms. The number of aromatic nitrogens is 3. The second-order valence-corrected chi connectivity index (χ2v) is 7.74. The van der Waals surface area contributed by atoms with Gasteiger partial charge in [0.05, 0.1) is 0 Å². The van der Waals surface area contributed by atoms with Crippen LogP contribution in [0.5, 0.6) is 11.5 Å². The number of ether oxygens (including phenoxy) is 2. The van der Waals surface area contributed by atoms with Gasteiger partial charge in [-0.05, 0) is 36.0 Å². The number of hydrogen-bond donors (Lipinski definition) is 1. The fourth-order valence-corrected chi connectivity index (χ4v) is 3.92. The van der Waals surface area contributed by atoms with Gasteiger partial charge in [0.15, 0.2) is 11.5 Å². The summed E-state index contributed by atoms with van der Waals surface area (Å²) in [5.41, 5.74) is 0.951. The summed E-state index contributed by atoms with van der Waals surface area (Å²) in [6.07, 6.45) is 2.83. The Morgan fingerprint density at radius 3 is 2.85 bits per heavy atom. The maximum Gasteiger partial charge on any atom is 0.343 e. The van der Waals surface area contributed by atoms with Gasteiger partial charge in [0.2, 0.25) is 12.7 Å². The molecule has 0 unspecified atom stereocenters. The summed E-state index contributed by atoms with van der Waals surface area (Å²) < 4.78 is 12.3. The lowest BCUT2D eigenvalue weighted by Gasteiger charge is -2.40. The predicted molar refractivity (Wildman–Crippen MR) is 97.7 cm³/mol. The van der Waals surface area contributed by atoms with E-state index >= 15 is 0 Å².